The summed E-state index contributed by atoms with van der Waals surface area (Å²) in [6.45, 7) is 0. The summed E-state index contributed by atoms with van der Waals surface area (Å²) in [4.78, 5) is 21.4. The van der Waals surface area contributed by atoms with Crippen LogP contribution in [-0.4, -0.2) is 32.1 Å². The fraction of sp³-hybridized carbons (Fsp3) is 0.0833. The molecule has 0 N–H and O–H groups in total. The van der Waals surface area contributed by atoms with Crippen LogP contribution >= 0.6 is 24.0 Å². The van der Waals surface area contributed by atoms with Crippen molar-refractivity contribution in [3.8, 4) is 0 Å². The lowest BCUT2D eigenvalue weighted by Crippen LogP contribution is -2.22. The molecule has 1 fully saturated rings. The highest BCUT2D eigenvalue weighted by atomic mass is 32.2. The molecule has 1 aromatic carbocycles. The molecule has 1 heterocycles. The highest BCUT2D eigenvalue weighted by Gasteiger charge is 2.25. The summed E-state index contributed by atoms with van der Waals surface area (Å²) < 4.78 is 0.440. The van der Waals surface area contributed by atoms with Crippen molar-refractivity contribution < 1.29 is 9.72 Å². The van der Waals surface area contributed by atoms with Gasteiger partial charge in [-0.1, -0.05) is 30.1 Å². The maximum absolute atomic E-state index is 11.4. The Morgan fingerprint density at radius 3 is 2.65 bits per heavy atom. The SMILES string of the molecule is O=C1CSC(=S)N1N=CC=Cc1ccc([N+](=O)[O-])cc1. The smallest absolute Gasteiger partial charge is 0.269 e. The Morgan fingerprint density at radius 2 is 2.10 bits per heavy atom. The van der Waals surface area contributed by atoms with Crippen molar-refractivity contribution in [2.75, 3.05) is 5.75 Å². The predicted molar refractivity (Wildman–Crippen MR) is 82.5 cm³/mol. The monoisotopic (exact) mass is 307 g/mol. The Labute approximate surface area is 124 Å². The fourth-order valence-corrected chi connectivity index (χ4v) is 2.39. The average molecular weight is 307 g/mol. The number of benzene rings is 1. The largest absolute Gasteiger partial charge is 0.272 e. The van der Waals surface area contributed by atoms with Crippen molar-refractivity contribution >= 4 is 52.2 Å². The number of rotatable bonds is 4. The Kier molecular flexibility index (Phi) is 4.59. The van der Waals surface area contributed by atoms with Gasteiger partial charge < -0.3 is 0 Å². The lowest BCUT2D eigenvalue weighted by Gasteiger charge is -2.04. The van der Waals surface area contributed by atoms with Crippen LogP contribution in [0.15, 0.2) is 35.4 Å². The Bertz CT molecular complexity index is 595. The van der Waals surface area contributed by atoms with E-state index >= 15 is 0 Å². The topological polar surface area (TPSA) is 75.8 Å². The lowest BCUT2D eigenvalue weighted by atomic mass is 10.2. The molecule has 1 aromatic rings. The van der Waals surface area contributed by atoms with Crippen LogP contribution in [0, 0.1) is 10.1 Å². The zero-order chi connectivity index (χ0) is 14.5. The number of non-ortho nitro benzene ring substituents is 1. The van der Waals surface area contributed by atoms with Crippen molar-refractivity contribution in [2.24, 2.45) is 5.10 Å². The first-order valence-corrected chi connectivity index (χ1v) is 6.92. The number of hydrazone groups is 1. The Hall–Kier alpha value is -2.06. The van der Waals surface area contributed by atoms with Gasteiger partial charge in [0.2, 0.25) is 0 Å². The van der Waals surface area contributed by atoms with E-state index in [1.807, 2.05) is 0 Å². The molecule has 1 aliphatic heterocycles. The highest BCUT2D eigenvalue weighted by Crippen LogP contribution is 2.19. The molecule has 0 aromatic heterocycles. The number of nitro groups is 1. The van der Waals surface area contributed by atoms with E-state index < -0.39 is 4.92 Å². The Morgan fingerprint density at radius 1 is 1.40 bits per heavy atom. The van der Waals surface area contributed by atoms with Gasteiger partial charge in [-0.05, 0) is 23.8 Å². The molecule has 0 bridgehead atoms. The summed E-state index contributed by atoms with van der Waals surface area (Å²) in [6.07, 6.45) is 4.82. The quantitative estimate of drug-likeness (QED) is 0.369. The van der Waals surface area contributed by atoms with Crippen LogP contribution in [-0.2, 0) is 4.79 Å². The third kappa shape index (κ3) is 3.49. The molecule has 1 saturated heterocycles. The van der Waals surface area contributed by atoms with Gasteiger partial charge in [-0.15, -0.1) is 0 Å². The number of thiocarbonyl (C=S) groups is 1. The lowest BCUT2D eigenvalue weighted by molar-refractivity contribution is -0.384. The zero-order valence-corrected chi connectivity index (χ0v) is 11.8. The first-order valence-electron chi connectivity index (χ1n) is 5.53. The molecular weight excluding hydrogens is 298 g/mol. The van der Waals surface area contributed by atoms with Crippen molar-refractivity contribution in [1.29, 1.82) is 0 Å². The van der Waals surface area contributed by atoms with E-state index in [2.05, 4.69) is 5.10 Å². The van der Waals surface area contributed by atoms with Gasteiger partial charge in [-0.3, -0.25) is 14.9 Å². The number of hydrogen-bond donors (Lipinski definition) is 0. The summed E-state index contributed by atoms with van der Waals surface area (Å²) in [5.74, 6) is 0.183. The van der Waals surface area contributed by atoms with Gasteiger partial charge in [0.1, 0.15) is 0 Å². The van der Waals surface area contributed by atoms with Crippen LogP contribution in [0.3, 0.4) is 0 Å². The van der Waals surface area contributed by atoms with Crippen LogP contribution in [0.4, 0.5) is 5.69 Å². The summed E-state index contributed by atoms with van der Waals surface area (Å²) in [5, 5.41) is 15.6. The molecule has 6 nitrogen and oxygen atoms in total. The van der Waals surface area contributed by atoms with Gasteiger partial charge in [0.15, 0.2) is 4.32 Å². The number of hydrogen-bond acceptors (Lipinski definition) is 6. The van der Waals surface area contributed by atoms with Crippen molar-refractivity contribution in [3.63, 3.8) is 0 Å². The van der Waals surface area contributed by atoms with Gasteiger partial charge in [-0.2, -0.15) is 10.1 Å². The number of thioether (sulfide) groups is 1. The second kappa shape index (κ2) is 6.40. The van der Waals surface area contributed by atoms with Crippen LogP contribution < -0.4 is 0 Å². The van der Waals surface area contributed by atoms with E-state index in [4.69, 9.17) is 12.2 Å². The minimum atomic E-state index is -0.452. The molecule has 20 heavy (non-hydrogen) atoms. The molecule has 0 aliphatic carbocycles. The molecule has 102 valence electrons. The molecule has 1 amide bonds. The van der Waals surface area contributed by atoms with Gasteiger partial charge >= 0.3 is 0 Å². The van der Waals surface area contributed by atoms with Gasteiger partial charge in [0.25, 0.3) is 11.6 Å². The number of nitro benzene ring substituents is 1. The van der Waals surface area contributed by atoms with E-state index in [1.54, 1.807) is 24.3 Å². The minimum absolute atomic E-state index is 0.0425. The van der Waals surface area contributed by atoms with Crippen molar-refractivity contribution in [3.05, 3.63) is 46.0 Å². The fourth-order valence-electron chi connectivity index (χ4n) is 1.43. The molecular formula is C12H9N3O3S2. The number of carbonyl (C=O) groups is 1. The van der Waals surface area contributed by atoms with Gasteiger partial charge in [0.05, 0.1) is 10.7 Å². The first kappa shape index (κ1) is 14.4. The summed E-state index contributed by atoms with van der Waals surface area (Å²) in [6, 6.07) is 6.10. The van der Waals surface area contributed by atoms with Crippen molar-refractivity contribution in [2.45, 2.75) is 0 Å². The molecule has 8 heteroatoms. The van der Waals surface area contributed by atoms with Crippen molar-refractivity contribution in [1.82, 2.24) is 5.01 Å². The molecule has 1 aliphatic rings. The summed E-state index contributed by atoms with van der Waals surface area (Å²) in [5.41, 5.74) is 0.840. The van der Waals surface area contributed by atoms with Crippen LogP contribution in [0.25, 0.3) is 6.08 Å². The molecule has 0 radical (unpaired) electrons. The maximum Gasteiger partial charge on any atom is 0.269 e. The molecule has 0 atom stereocenters. The van der Waals surface area contributed by atoms with E-state index in [0.29, 0.717) is 10.1 Å². The number of carbonyl (C=O) groups excluding carboxylic acids is 1. The molecule has 0 spiro atoms. The maximum atomic E-state index is 11.4. The molecule has 2 rings (SSSR count). The zero-order valence-electron chi connectivity index (χ0n) is 10.1. The highest BCUT2D eigenvalue weighted by molar-refractivity contribution is 8.23. The summed E-state index contributed by atoms with van der Waals surface area (Å²) >= 11 is 6.24. The third-order valence-corrected chi connectivity index (χ3v) is 3.73. The van der Waals surface area contributed by atoms with Gasteiger partial charge in [0, 0.05) is 18.3 Å². The number of nitrogens with zero attached hydrogens (tertiary/aromatic N) is 3. The second-order valence-corrected chi connectivity index (χ2v) is 5.34. The van der Waals surface area contributed by atoms with E-state index in [0.717, 1.165) is 5.56 Å². The molecule has 0 saturated carbocycles. The van der Waals surface area contributed by atoms with Crippen LogP contribution in [0.5, 0.6) is 0 Å². The third-order valence-electron chi connectivity index (χ3n) is 2.39. The van der Waals surface area contributed by atoms with E-state index in [1.165, 1.54) is 35.1 Å². The Balaban J connectivity index is 1.98. The predicted octanol–water partition coefficient (Wildman–Crippen LogP) is 2.45. The number of amides is 1. The normalized spacial score (nSPS) is 15.7. The average Bonchev–Trinajstić information content (AvgIpc) is 2.75. The molecule has 0 unspecified atom stereocenters. The standard InChI is InChI=1S/C12H9N3O3S2/c16-11-8-20-12(19)14(11)13-7-1-2-9-3-5-10(6-4-9)15(17)18/h1-7H,8H2. The van der Waals surface area contributed by atoms with Crippen LogP contribution in [0.2, 0.25) is 0 Å². The second-order valence-electron chi connectivity index (χ2n) is 3.73. The first-order chi connectivity index (χ1) is 9.58. The van der Waals surface area contributed by atoms with E-state index in [-0.39, 0.29) is 11.6 Å². The van der Waals surface area contributed by atoms with Crippen LogP contribution in [0.1, 0.15) is 5.56 Å². The summed E-state index contributed by atoms with van der Waals surface area (Å²) in [7, 11) is 0. The number of allylic oxidation sites excluding steroid dienone is 1. The minimum Gasteiger partial charge on any atom is -0.272 e. The van der Waals surface area contributed by atoms with E-state index in [9.17, 15) is 14.9 Å². The van der Waals surface area contributed by atoms with Gasteiger partial charge in [-0.25, -0.2) is 0 Å².